The van der Waals surface area contributed by atoms with Crippen LogP contribution in [0.15, 0.2) is 30.3 Å². The van der Waals surface area contributed by atoms with E-state index in [2.05, 4.69) is 39.5 Å². The number of aliphatic hydroxyl groups excluding tert-OH is 2. The van der Waals surface area contributed by atoms with Gasteiger partial charge in [0, 0.05) is 11.8 Å². The standard InChI is InChI=1S/C39H58ClNO6/c1-33(2)28(43)13-16-39-22-38(39)18-17-35(5)30(37(7)15-14-29(47-37)34(3,4)45)25(42)21-36(35,6)27(38)20-26(31(33)39)46-32(44)24(41-40)19-23-11-9-8-10-12-23/h8-12,24-31,41-43,45H,13-22H2,1-7H3/t24?,25-,26-,27?,28-,29-,30-,31-,35+,36-,37+,38?,39+/m0/s1. The van der Waals surface area contributed by atoms with E-state index in [9.17, 15) is 20.1 Å². The van der Waals surface area contributed by atoms with E-state index in [1.165, 1.54) is 0 Å². The summed E-state index contributed by atoms with van der Waals surface area (Å²) in [6.07, 6.45) is 6.78. The summed E-state index contributed by atoms with van der Waals surface area (Å²) in [5.74, 6) is -0.0888. The topological polar surface area (TPSA) is 108 Å². The average Bonchev–Trinajstić information content (AvgIpc) is 3.36. The van der Waals surface area contributed by atoms with Crippen LogP contribution in [0.25, 0.3) is 0 Å². The monoisotopic (exact) mass is 671 g/mol. The van der Waals surface area contributed by atoms with Gasteiger partial charge in [0.15, 0.2) is 0 Å². The fraction of sp³-hybridized carbons (Fsp3) is 0.821. The highest BCUT2D eigenvalue weighted by molar-refractivity contribution is 6.14. The zero-order chi connectivity index (χ0) is 34.0. The lowest BCUT2D eigenvalue weighted by atomic mass is 9.41. The van der Waals surface area contributed by atoms with Crippen LogP contribution in [-0.2, 0) is 20.7 Å². The third kappa shape index (κ3) is 4.72. The first-order valence-corrected chi connectivity index (χ1v) is 18.6. The summed E-state index contributed by atoms with van der Waals surface area (Å²) in [6, 6.07) is 9.17. The van der Waals surface area contributed by atoms with Crippen LogP contribution in [0.2, 0.25) is 0 Å². The maximum absolute atomic E-state index is 14.0. The Morgan fingerprint density at radius 1 is 1.00 bits per heavy atom. The van der Waals surface area contributed by atoms with Gasteiger partial charge in [-0.1, -0.05) is 58.0 Å². The second-order valence-electron chi connectivity index (χ2n) is 18.7. The van der Waals surface area contributed by atoms with E-state index in [1.54, 1.807) is 0 Å². The lowest BCUT2D eigenvalue weighted by Gasteiger charge is -2.64. The van der Waals surface area contributed by atoms with Gasteiger partial charge in [-0.15, -0.1) is 0 Å². The van der Waals surface area contributed by atoms with Crippen LogP contribution < -0.4 is 4.84 Å². The van der Waals surface area contributed by atoms with E-state index >= 15 is 0 Å². The van der Waals surface area contributed by atoms with E-state index in [-0.39, 0.29) is 57.6 Å². The van der Waals surface area contributed by atoms with Crippen LogP contribution in [0.1, 0.15) is 112 Å². The zero-order valence-electron chi connectivity index (χ0n) is 29.5. The number of benzene rings is 1. The number of carbonyl (C=O) groups is 1. The zero-order valence-corrected chi connectivity index (χ0v) is 30.3. The van der Waals surface area contributed by atoms with Crippen LogP contribution in [0.5, 0.6) is 0 Å². The minimum atomic E-state index is -0.938. The van der Waals surface area contributed by atoms with Crippen molar-refractivity contribution in [3.63, 3.8) is 0 Å². The van der Waals surface area contributed by atoms with Gasteiger partial charge < -0.3 is 24.8 Å². The summed E-state index contributed by atoms with van der Waals surface area (Å²) in [7, 11) is 0. The van der Waals surface area contributed by atoms with E-state index in [1.807, 2.05) is 44.2 Å². The van der Waals surface area contributed by atoms with Gasteiger partial charge in [0.25, 0.3) is 0 Å². The molecule has 6 fully saturated rings. The molecule has 0 amide bonds. The molecule has 13 atom stereocenters. The molecule has 1 aromatic rings. The molecule has 5 saturated carbocycles. The Bertz CT molecular complexity index is 1380. The van der Waals surface area contributed by atoms with Crippen molar-refractivity contribution in [1.82, 2.24) is 4.84 Å². The van der Waals surface area contributed by atoms with Crippen LogP contribution in [0.4, 0.5) is 0 Å². The fourth-order valence-corrected chi connectivity index (χ4v) is 13.6. The first kappa shape index (κ1) is 34.2. The number of hydrogen-bond acceptors (Lipinski definition) is 7. The molecule has 5 aliphatic carbocycles. The largest absolute Gasteiger partial charge is 0.461 e. The maximum atomic E-state index is 14.0. The van der Waals surface area contributed by atoms with Crippen molar-refractivity contribution in [3.05, 3.63) is 35.9 Å². The highest BCUT2D eigenvalue weighted by Crippen LogP contribution is 2.89. The first-order valence-electron chi connectivity index (χ1n) is 18.3. The van der Waals surface area contributed by atoms with Gasteiger partial charge in [-0.25, -0.2) is 4.84 Å². The summed E-state index contributed by atoms with van der Waals surface area (Å²) in [4.78, 5) is 16.7. The van der Waals surface area contributed by atoms with Crippen molar-refractivity contribution >= 4 is 17.7 Å². The molecule has 0 radical (unpaired) electrons. The molecule has 4 N–H and O–H groups in total. The fourth-order valence-electron chi connectivity index (χ4n) is 13.5. The molecule has 0 bridgehead atoms. The number of hydrogen-bond donors (Lipinski definition) is 4. The van der Waals surface area contributed by atoms with Crippen molar-refractivity contribution in [2.45, 2.75) is 154 Å². The Morgan fingerprint density at radius 3 is 2.34 bits per heavy atom. The summed E-state index contributed by atoms with van der Waals surface area (Å²) in [5, 5.41) is 34.3. The summed E-state index contributed by atoms with van der Waals surface area (Å²) in [5.41, 5.74) is -1.13. The Balaban J connectivity index is 1.23. The predicted octanol–water partition coefficient (Wildman–Crippen LogP) is 6.34. The van der Waals surface area contributed by atoms with Gasteiger partial charge in [-0.3, -0.25) is 4.79 Å². The normalized spacial score (nSPS) is 48.9. The maximum Gasteiger partial charge on any atom is 0.325 e. The molecule has 1 saturated heterocycles. The van der Waals surface area contributed by atoms with Gasteiger partial charge in [0.05, 0.1) is 29.5 Å². The Morgan fingerprint density at radius 2 is 1.70 bits per heavy atom. The highest BCUT2D eigenvalue weighted by Gasteiger charge is 2.85. The van der Waals surface area contributed by atoms with Crippen LogP contribution in [-0.4, -0.2) is 62.9 Å². The third-order valence-corrected chi connectivity index (χ3v) is 16.0. The number of rotatable bonds is 7. The number of ether oxygens (including phenoxy) is 2. The van der Waals surface area contributed by atoms with Crippen molar-refractivity contribution in [3.8, 4) is 0 Å². The lowest BCUT2D eigenvalue weighted by Crippen LogP contribution is -2.63. The van der Waals surface area contributed by atoms with Crippen LogP contribution in [0, 0.1) is 44.8 Å². The molecular weight excluding hydrogens is 614 g/mol. The number of halogens is 1. The van der Waals surface area contributed by atoms with Gasteiger partial charge in [-0.2, -0.15) is 0 Å². The molecule has 3 unspecified atom stereocenters. The Kier molecular flexibility index (Phi) is 7.93. The van der Waals surface area contributed by atoms with E-state index in [0.29, 0.717) is 12.8 Å². The highest BCUT2D eigenvalue weighted by atomic mass is 35.5. The van der Waals surface area contributed by atoms with Gasteiger partial charge in [0.2, 0.25) is 0 Å². The molecule has 262 valence electrons. The van der Waals surface area contributed by atoms with Crippen molar-refractivity contribution < 1.29 is 29.6 Å². The molecule has 8 heteroatoms. The van der Waals surface area contributed by atoms with E-state index in [4.69, 9.17) is 21.3 Å². The lowest BCUT2D eigenvalue weighted by molar-refractivity contribution is -0.221. The van der Waals surface area contributed by atoms with E-state index in [0.717, 1.165) is 56.9 Å². The molecule has 7 rings (SSSR count). The predicted molar refractivity (Wildman–Crippen MR) is 181 cm³/mol. The molecular formula is C39H58ClNO6. The second kappa shape index (κ2) is 10.9. The number of carbonyl (C=O) groups excluding carboxylic acids is 1. The van der Waals surface area contributed by atoms with Crippen molar-refractivity contribution in [1.29, 1.82) is 0 Å². The molecule has 7 nitrogen and oxygen atoms in total. The molecule has 6 aliphatic rings. The van der Waals surface area contributed by atoms with E-state index < -0.39 is 34.9 Å². The minimum absolute atomic E-state index is 0.0000601. The number of nitrogens with one attached hydrogen (secondary N) is 1. The van der Waals surface area contributed by atoms with Gasteiger partial charge >= 0.3 is 5.97 Å². The van der Waals surface area contributed by atoms with Crippen molar-refractivity contribution in [2.75, 3.05) is 0 Å². The minimum Gasteiger partial charge on any atom is -0.461 e. The number of esters is 1. The van der Waals surface area contributed by atoms with Gasteiger partial charge in [0.1, 0.15) is 12.1 Å². The molecule has 0 aromatic heterocycles. The second-order valence-corrected chi connectivity index (χ2v) is 18.9. The quantitative estimate of drug-likeness (QED) is 0.198. The average molecular weight is 672 g/mol. The SMILES string of the molecule is CC(C)(O)[C@@H]1CC[C@](C)([C@H]2[C@@H](O)C[C@@]3(C)C4C[C@H](OC(=O)C(Cc5ccccc5)NCl)[C@H]5C(C)(C)[C@@H](O)CC[C@@]56CC46CC[C@]23C)O1. The number of fused-ring (bicyclic) bond motifs is 2. The van der Waals surface area contributed by atoms with Gasteiger partial charge in [-0.05, 0) is 135 Å². The number of aliphatic hydroxyl groups is 3. The molecule has 1 aliphatic heterocycles. The third-order valence-electron chi connectivity index (χ3n) is 15.7. The molecule has 1 aromatic carbocycles. The van der Waals surface area contributed by atoms with Crippen molar-refractivity contribution in [2.24, 2.45) is 44.8 Å². The Labute approximate surface area is 286 Å². The Hall–Kier alpha value is -1.22. The summed E-state index contributed by atoms with van der Waals surface area (Å²) >= 11 is 6.20. The first-order chi connectivity index (χ1) is 21.9. The molecule has 1 heterocycles. The summed E-state index contributed by atoms with van der Waals surface area (Å²) < 4.78 is 13.4. The summed E-state index contributed by atoms with van der Waals surface area (Å²) in [6.45, 7) is 15.0. The smallest absolute Gasteiger partial charge is 0.325 e. The molecule has 47 heavy (non-hydrogen) atoms. The van der Waals surface area contributed by atoms with Crippen LogP contribution in [0.3, 0.4) is 0 Å². The van der Waals surface area contributed by atoms with Crippen LogP contribution >= 0.6 is 11.8 Å². The molecule has 2 spiro atoms.